The lowest BCUT2D eigenvalue weighted by atomic mass is 9.68. The fourth-order valence-electron chi connectivity index (χ4n) is 5.61. The topological polar surface area (TPSA) is 71.1 Å². The van der Waals surface area contributed by atoms with Gasteiger partial charge in [-0.3, -0.25) is 9.59 Å². The number of carbonyl (C=O) groups excluding carboxylic acids is 2. The summed E-state index contributed by atoms with van der Waals surface area (Å²) in [4.78, 5) is 24.1. The van der Waals surface area contributed by atoms with Gasteiger partial charge in [0.25, 0.3) is 0 Å². The Labute approximate surface area is 271 Å². The number of rotatable bonds is 11. The van der Waals surface area contributed by atoms with E-state index in [1.807, 2.05) is 45.0 Å². The van der Waals surface area contributed by atoms with Crippen molar-refractivity contribution in [2.24, 2.45) is 5.41 Å². The standard InChI is InChI=1S/C38H40O6S/c1-36(2,3)34(39)43-24-22-41-28-18-14-26(15-19-28)38(32-12-8-6-10-30(32)31-11-7-9-13-33(31)38)27-16-20-29(21-17-27)42-23-25-44-35(40)37(4,5)45/h6-21,45H,22-25H2,1-5H3. The summed E-state index contributed by atoms with van der Waals surface area (Å²) in [6.45, 7) is 9.71. The summed E-state index contributed by atoms with van der Waals surface area (Å²) < 4.78 is 21.6. The molecule has 7 heteroatoms. The van der Waals surface area contributed by atoms with E-state index in [1.54, 1.807) is 13.8 Å². The SMILES string of the molecule is CC(C)(C)C(=O)OCCOc1ccc(C2(c3ccc(OCCOC(=O)C(C)(C)S)cc3)c3ccccc3-c3ccccc32)cc1. The largest absolute Gasteiger partial charge is 0.490 e. The molecule has 0 N–H and O–H groups in total. The fourth-order valence-corrected chi connectivity index (χ4v) is 5.67. The Morgan fingerprint density at radius 2 is 0.978 bits per heavy atom. The summed E-state index contributed by atoms with van der Waals surface area (Å²) >= 11 is 4.25. The van der Waals surface area contributed by atoms with Gasteiger partial charge in [-0.05, 0) is 92.3 Å². The summed E-state index contributed by atoms with van der Waals surface area (Å²) in [5.74, 6) is 0.751. The minimum Gasteiger partial charge on any atom is -0.490 e. The first-order valence-electron chi connectivity index (χ1n) is 15.2. The zero-order chi connectivity index (χ0) is 32.2. The lowest BCUT2D eigenvalue weighted by Crippen LogP contribution is -2.29. The molecule has 4 aromatic carbocycles. The lowest BCUT2D eigenvalue weighted by Gasteiger charge is -2.34. The molecule has 5 rings (SSSR count). The summed E-state index contributed by atoms with van der Waals surface area (Å²) in [7, 11) is 0. The van der Waals surface area contributed by atoms with Crippen molar-refractivity contribution >= 4 is 24.6 Å². The van der Waals surface area contributed by atoms with E-state index in [2.05, 4.69) is 85.4 Å². The number of hydrogen-bond donors (Lipinski definition) is 1. The number of thiol groups is 1. The molecule has 0 amide bonds. The van der Waals surface area contributed by atoms with E-state index in [0.29, 0.717) is 11.5 Å². The van der Waals surface area contributed by atoms with E-state index in [0.717, 1.165) is 11.1 Å². The normalized spacial score (nSPS) is 13.4. The summed E-state index contributed by atoms with van der Waals surface area (Å²) in [5.41, 5.74) is 5.87. The molecule has 0 radical (unpaired) electrons. The van der Waals surface area contributed by atoms with Crippen molar-refractivity contribution in [1.82, 2.24) is 0 Å². The molecule has 0 atom stereocenters. The lowest BCUT2D eigenvalue weighted by molar-refractivity contribution is -0.153. The maximum absolute atomic E-state index is 12.1. The van der Waals surface area contributed by atoms with Crippen LogP contribution in [0.5, 0.6) is 11.5 Å². The van der Waals surface area contributed by atoms with Crippen molar-refractivity contribution in [3.05, 3.63) is 119 Å². The molecule has 1 aliphatic carbocycles. The molecule has 0 spiro atoms. The van der Waals surface area contributed by atoms with Crippen LogP contribution in [0.2, 0.25) is 0 Å². The Morgan fingerprint density at radius 1 is 0.578 bits per heavy atom. The van der Waals surface area contributed by atoms with Crippen LogP contribution in [0.4, 0.5) is 0 Å². The molecule has 0 aromatic heterocycles. The van der Waals surface area contributed by atoms with Crippen LogP contribution < -0.4 is 9.47 Å². The highest BCUT2D eigenvalue weighted by Gasteiger charge is 2.45. The van der Waals surface area contributed by atoms with Crippen LogP contribution in [-0.4, -0.2) is 43.1 Å². The van der Waals surface area contributed by atoms with Crippen molar-refractivity contribution in [2.45, 2.75) is 44.8 Å². The quantitative estimate of drug-likeness (QED) is 0.0925. The molecule has 1 aliphatic rings. The highest BCUT2D eigenvalue weighted by molar-refractivity contribution is 7.82. The van der Waals surface area contributed by atoms with Gasteiger partial charge in [0.2, 0.25) is 0 Å². The molecule has 4 aromatic rings. The van der Waals surface area contributed by atoms with Crippen molar-refractivity contribution < 1.29 is 28.5 Å². The first-order valence-corrected chi connectivity index (χ1v) is 15.6. The van der Waals surface area contributed by atoms with Crippen LogP contribution in [0.25, 0.3) is 11.1 Å². The average molecular weight is 625 g/mol. The van der Waals surface area contributed by atoms with Crippen molar-refractivity contribution in [3.8, 4) is 22.6 Å². The van der Waals surface area contributed by atoms with E-state index < -0.39 is 15.6 Å². The average Bonchev–Trinajstić information content (AvgIpc) is 3.32. The van der Waals surface area contributed by atoms with Gasteiger partial charge in [0, 0.05) is 0 Å². The fraction of sp³-hybridized carbons (Fsp3) is 0.316. The van der Waals surface area contributed by atoms with E-state index >= 15 is 0 Å². The zero-order valence-electron chi connectivity index (χ0n) is 26.5. The van der Waals surface area contributed by atoms with Crippen LogP contribution in [0, 0.1) is 5.41 Å². The molecule has 0 heterocycles. The van der Waals surface area contributed by atoms with Crippen LogP contribution in [0.3, 0.4) is 0 Å². The highest BCUT2D eigenvalue weighted by atomic mass is 32.1. The third-order valence-corrected chi connectivity index (χ3v) is 7.99. The molecule has 0 unspecified atom stereocenters. The maximum Gasteiger partial charge on any atom is 0.321 e. The Hall–Kier alpha value is -4.23. The Balaban J connectivity index is 1.41. The molecule has 0 aliphatic heterocycles. The van der Waals surface area contributed by atoms with Crippen LogP contribution in [0.15, 0.2) is 97.1 Å². The molecule has 0 bridgehead atoms. The van der Waals surface area contributed by atoms with Crippen LogP contribution in [-0.2, 0) is 24.5 Å². The first-order chi connectivity index (χ1) is 21.4. The second-order valence-corrected chi connectivity index (χ2v) is 13.8. The Morgan fingerprint density at radius 3 is 1.38 bits per heavy atom. The number of ether oxygens (including phenoxy) is 4. The Bertz CT molecular complexity index is 1520. The van der Waals surface area contributed by atoms with Crippen molar-refractivity contribution in [3.63, 3.8) is 0 Å². The molecule has 6 nitrogen and oxygen atoms in total. The van der Waals surface area contributed by atoms with Gasteiger partial charge in [0.15, 0.2) is 0 Å². The van der Waals surface area contributed by atoms with E-state index in [9.17, 15) is 9.59 Å². The predicted molar refractivity (Wildman–Crippen MR) is 179 cm³/mol. The van der Waals surface area contributed by atoms with E-state index in [-0.39, 0.29) is 38.4 Å². The highest BCUT2D eigenvalue weighted by Crippen LogP contribution is 2.56. The van der Waals surface area contributed by atoms with E-state index in [4.69, 9.17) is 18.9 Å². The molecule has 45 heavy (non-hydrogen) atoms. The number of hydrogen-bond acceptors (Lipinski definition) is 7. The minimum absolute atomic E-state index is 0.142. The Kier molecular flexibility index (Phi) is 9.31. The van der Waals surface area contributed by atoms with Gasteiger partial charge in [-0.1, -0.05) is 72.8 Å². The summed E-state index contributed by atoms with van der Waals surface area (Å²) in [5, 5.41) is 0. The zero-order valence-corrected chi connectivity index (χ0v) is 27.4. The molecule has 234 valence electrons. The van der Waals surface area contributed by atoms with Gasteiger partial charge in [-0.25, -0.2) is 0 Å². The monoisotopic (exact) mass is 624 g/mol. The van der Waals surface area contributed by atoms with Crippen LogP contribution >= 0.6 is 12.6 Å². The number of esters is 2. The first kappa shape index (κ1) is 32.2. The van der Waals surface area contributed by atoms with Gasteiger partial charge in [-0.15, -0.1) is 0 Å². The molecule has 0 fully saturated rings. The van der Waals surface area contributed by atoms with Crippen molar-refractivity contribution in [2.75, 3.05) is 26.4 Å². The van der Waals surface area contributed by atoms with Gasteiger partial charge < -0.3 is 18.9 Å². The van der Waals surface area contributed by atoms with Crippen molar-refractivity contribution in [1.29, 1.82) is 0 Å². The molecule has 0 saturated heterocycles. The predicted octanol–water partition coefficient (Wildman–Crippen LogP) is 7.65. The second-order valence-electron chi connectivity index (χ2n) is 12.7. The number of benzene rings is 4. The summed E-state index contributed by atoms with van der Waals surface area (Å²) in [6.07, 6.45) is 0. The summed E-state index contributed by atoms with van der Waals surface area (Å²) in [6, 6.07) is 33.4. The second kappa shape index (κ2) is 13.0. The third-order valence-electron chi connectivity index (χ3n) is 7.81. The van der Waals surface area contributed by atoms with Gasteiger partial charge in [0.1, 0.15) is 42.7 Å². The third kappa shape index (κ3) is 6.74. The van der Waals surface area contributed by atoms with Gasteiger partial charge >= 0.3 is 11.9 Å². The van der Waals surface area contributed by atoms with Gasteiger partial charge in [0.05, 0.1) is 10.8 Å². The molecule has 0 saturated carbocycles. The maximum atomic E-state index is 12.1. The van der Waals surface area contributed by atoms with E-state index in [1.165, 1.54) is 22.3 Å². The van der Waals surface area contributed by atoms with Crippen LogP contribution in [0.1, 0.15) is 56.9 Å². The number of carbonyl (C=O) groups is 2. The smallest absolute Gasteiger partial charge is 0.321 e. The van der Waals surface area contributed by atoms with Gasteiger partial charge in [-0.2, -0.15) is 12.6 Å². The molecular formula is C38H40O6S. The number of fused-ring (bicyclic) bond motifs is 3. The molecular weight excluding hydrogens is 584 g/mol. The minimum atomic E-state index is -0.852.